The Morgan fingerprint density at radius 2 is 1.79 bits per heavy atom. The SMILES string of the molecule is CC(C)(C)n1c(-c2ncccc2C(=O)O)nc2cc(-c3cnc(N)nc3)ccc21. The van der Waals surface area contributed by atoms with Crippen molar-refractivity contribution in [2.24, 2.45) is 0 Å². The van der Waals surface area contributed by atoms with E-state index in [2.05, 4.69) is 15.0 Å². The number of anilines is 1. The second kappa shape index (κ2) is 6.66. The van der Waals surface area contributed by atoms with Crippen LogP contribution in [0.5, 0.6) is 0 Å². The van der Waals surface area contributed by atoms with Gasteiger partial charge in [-0.2, -0.15) is 0 Å². The lowest BCUT2D eigenvalue weighted by Crippen LogP contribution is -2.23. The first-order chi connectivity index (χ1) is 13.8. The maximum atomic E-state index is 11.7. The van der Waals surface area contributed by atoms with Gasteiger partial charge >= 0.3 is 5.97 Å². The van der Waals surface area contributed by atoms with Gasteiger partial charge in [-0.3, -0.25) is 4.98 Å². The Labute approximate surface area is 167 Å². The lowest BCUT2D eigenvalue weighted by atomic mass is 10.1. The standard InChI is InChI=1S/C21H20N6O2/c1-21(2,3)27-16-7-6-12(13-10-24-20(22)25-11-13)9-15(16)26-18(27)17-14(19(28)29)5-4-8-23-17/h4-11H,1-3H3,(H,28,29)(H2,22,24,25). The van der Waals surface area contributed by atoms with E-state index in [0.717, 1.165) is 22.2 Å². The maximum absolute atomic E-state index is 11.7. The van der Waals surface area contributed by atoms with Crippen LogP contribution < -0.4 is 5.73 Å². The number of rotatable bonds is 3. The van der Waals surface area contributed by atoms with Crippen LogP contribution in [0.3, 0.4) is 0 Å². The van der Waals surface area contributed by atoms with Crippen LogP contribution in [0, 0.1) is 0 Å². The van der Waals surface area contributed by atoms with Gasteiger partial charge in [0.25, 0.3) is 0 Å². The van der Waals surface area contributed by atoms with Gasteiger partial charge in [-0.25, -0.2) is 19.7 Å². The largest absolute Gasteiger partial charge is 0.478 e. The molecule has 29 heavy (non-hydrogen) atoms. The number of benzene rings is 1. The predicted molar refractivity (Wildman–Crippen MR) is 110 cm³/mol. The molecule has 0 unspecified atom stereocenters. The Morgan fingerprint density at radius 3 is 2.45 bits per heavy atom. The first-order valence-electron chi connectivity index (χ1n) is 9.05. The molecule has 146 valence electrons. The van der Waals surface area contributed by atoms with E-state index in [1.807, 2.05) is 43.5 Å². The molecule has 0 atom stereocenters. The summed E-state index contributed by atoms with van der Waals surface area (Å²) in [6.07, 6.45) is 4.89. The smallest absolute Gasteiger partial charge is 0.338 e. The van der Waals surface area contributed by atoms with Crippen molar-refractivity contribution >= 4 is 23.0 Å². The third-order valence-electron chi connectivity index (χ3n) is 4.58. The molecule has 0 aliphatic rings. The van der Waals surface area contributed by atoms with Crippen LogP contribution in [0.1, 0.15) is 31.1 Å². The minimum Gasteiger partial charge on any atom is -0.478 e. The van der Waals surface area contributed by atoms with Crippen LogP contribution in [0.2, 0.25) is 0 Å². The molecule has 3 N–H and O–H groups in total. The number of nitrogens with two attached hydrogens (primary N) is 1. The average molecular weight is 388 g/mol. The van der Waals surface area contributed by atoms with Gasteiger partial charge in [0.2, 0.25) is 5.95 Å². The van der Waals surface area contributed by atoms with Gasteiger partial charge in [-0.05, 0) is 50.6 Å². The van der Waals surface area contributed by atoms with Crippen molar-refractivity contribution in [1.29, 1.82) is 0 Å². The van der Waals surface area contributed by atoms with Gasteiger partial charge in [0.1, 0.15) is 5.69 Å². The number of nitrogen functional groups attached to an aromatic ring is 1. The fourth-order valence-corrected chi connectivity index (χ4v) is 3.34. The lowest BCUT2D eigenvalue weighted by Gasteiger charge is -2.24. The Kier molecular flexibility index (Phi) is 4.26. The number of pyridine rings is 1. The molecular weight excluding hydrogens is 368 g/mol. The molecule has 0 saturated carbocycles. The van der Waals surface area contributed by atoms with E-state index < -0.39 is 5.97 Å². The molecule has 0 aliphatic carbocycles. The number of fused-ring (bicyclic) bond motifs is 1. The van der Waals surface area contributed by atoms with Crippen LogP contribution in [0.15, 0.2) is 48.9 Å². The Bertz CT molecular complexity index is 1220. The summed E-state index contributed by atoms with van der Waals surface area (Å²) in [4.78, 5) is 28.9. The van der Waals surface area contributed by atoms with Crippen molar-refractivity contribution in [2.45, 2.75) is 26.3 Å². The van der Waals surface area contributed by atoms with E-state index in [1.165, 1.54) is 6.07 Å². The number of imidazole rings is 1. The van der Waals surface area contributed by atoms with E-state index in [9.17, 15) is 9.90 Å². The van der Waals surface area contributed by atoms with Gasteiger partial charge in [0.05, 0.1) is 16.6 Å². The van der Waals surface area contributed by atoms with Crippen molar-refractivity contribution in [2.75, 3.05) is 5.73 Å². The third-order valence-corrected chi connectivity index (χ3v) is 4.58. The molecule has 1 aromatic carbocycles. The number of hydrogen-bond donors (Lipinski definition) is 2. The zero-order valence-electron chi connectivity index (χ0n) is 16.3. The number of aromatic carboxylic acids is 1. The molecule has 8 nitrogen and oxygen atoms in total. The first-order valence-corrected chi connectivity index (χ1v) is 9.05. The van der Waals surface area contributed by atoms with Crippen LogP contribution in [0.4, 0.5) is 5.95 Å². The number of hydrogen-bond acceptors (Lipinski definition) is 6. The quantitative estimate of drug-likeness (QED) is 0.550. The van der Waals surface area contributed by atoms with Crippen molar-refractivity contribution in [3.8, 4) is 22.6 Å². The highest BCUT2D eigenvalue weighted by Crippen LogP contribution is 2.33. The summed E-state index contributed by atoms with van der Waals surface area (Å²) in [6.45, 7) is 6.13. The van der Waals surface area contributed by atoms with Crippen LogP contribution in [-0.4, -0.2) is 35.6 Å². The van der Waals surface area contributed by atoms with Gasteiger partial charge < -0.3 is 15.4 Å². The minimum absolute atomic E-state index is 0.112. The third kappa shape index (κ3) is 3.29. The molecule has 0 radical (unpaired) electrons. The van der Waals surface area contributed by atoms with E-state index >= 15 is 0 Å². The number of nitrogens with zero attached hydrogens (tertiary/aromatic N) is 5. The molecule has 0 spiro atoms. The van der Waals surface area contributed by atoms with Gasteiger partial charge in [-0.1, -0.05) is 6.07 Å². The summed E-state index contributed by atoms with van der Waals surface area (Å²) >= 11 is 0. The zero-order valence-corrected chi connectivity index (χ0v) is 16.3. The molecular formula is C21H20N6O2. The monoisotopic (exact) mass is 388 g/mol. The molecule has 4 rings (SSSR count). The highest BCUT2D eigenvalue weighted by Gasteiger charge is 2.26. The van der Waals surface area contributed by atoms with Crippen molar-refractivity contribution in [1.82, 2.24) is 24.5 Å². The normalized spacial score (nSPS) is 11.7. The second-order valence-corrected chi connectivity index (χ2v) is 7.68. The maximum Gasteiger partial charge on any atom is 0.338 e. The first kappa shape index (κ1) is 18.5. The highest BCUT2D eigenvalue weighted by molar-refractivity contribution is 5.95. The summed E-state index contributed by atoms with van der Waals surface area (Å²) in [6, 6.07) is 9.00. The van der Waals surface area contributed by atoms with Crippen LogP contribution >= 0.6 is 0 Å². The molecule has 0 saturated heterocycles. The van der Waals surface area contributed by atoms with Crippen molar-refractivity contribution < 1.29 is 9.90 Å². The molecule has 3 aromatic heterocycles. The van der Waals surface area contributed by atoms with E-state index in [1.54, 1.807) is 24.7 Å². The van der Waals surface area contributed by atoms with Gasteiger partial charge in [-0.15, -0.1) is 0 Å². The predicted octanol–water partition coefficient (Wildman–Crippen LogP) is 3.59. The summed E-state index contributed by atoms with van der Waals surface area (Å²) in [5.74, 6) is -0.318. The summed E-state index contributed by atoms with van der Waals surface area (Å²) in [5.41, 5.74) is 9.00. The fourth-order valence-electron chi connectivity index (χ4n) is 3.34. The summed E-state index contributed by atoms with van der Waals surface area (Å²) in [5, 5.41) is 9.61. The topological polar surface area (TPSA) is 120 Å². The molecule has 0 bridgehead atoms. The fraction of sp³-hybridized carbons (Fsp3) is 0.190. The molecule has 0 amide bonds. The molecule has 0 aliphatic heterocycles. The number of carboxylic acids is 1. The van der Waals surface area contributed by atoms with Gasteiger partial charge in [0, 0.05) is 29.7 Å². The highest BCUT2D eigenvalue weighted by atomic mass is 16.4. The molecule has 3 heterocycles. The summed E-state index contributed by atoms with van der Waals surface area (Å²) < 4.78 is 2.01. The number of carbonyl (C=O) groups is 1. The second-order valence-electron chi connectivity index (χ2n) is 7.68. The summed E-state index contributed by atoms with van der Waals surface area (Å²) in [7, 11) is 0. The minimum atomic E-state index is -1.04. The van der Waals surface area contributed by atoms with E-state index in [4.69, 9.17) is 10.7 Å². The van der Waals surface area contributed by atoms with E-state index in [-0.39, 0.29) is 17.1 Å². The van der Waals surface area contributed by atoms with Crippen LogP contribution in [0.25, 0.3) is 33.7 Å². The Balaban J connectivity index is 1.98. The lowest BCUT2D eigenvalue weighted by molar-refractivity contribution is 0.0697. The zero-order chi connectivity index (χ0) is 20.8. The number of aromatic nitrogens is 5. The van der Waals surface area contributed by atoms with Gasteiger partial charge in [0.15, 0.2) is 5.82 Å². The van der Waals surface area contributed by atoms with Crippen molar-refractivity contribution in [3.05, 3.63) is 54.5 Å². The number of carboxylic acid groups (broad SMARTS) is 1. The molecule has 8 heteroatoms. The van der Waals surface area contributed by atoms with Crippen LogP contribution in [-0.2, 0) is 5.54 Å². The Morgan fingerprint density at radius 1 is 1.07 bits per heavy atom. The Hall–Kier alpha value is -3.81. The average Bonchev–Trinajstić information content (AvgIpc) is 3.07. The van der Waals surface area contributed by atoms with E-state index in [0.29, 0.717) is 11.5 Å². The molecule has 4 aromatic rings. The molecule has 0 fully saturated rings. The van der Waals surface area contributed by atoms with Crippen molar-refractivity contribution in [3.63, 3.8) is 0 Å².